The second-order valence-corrected chi connectivity index (χ2v) is 1.93. The van der Waals surface area contributed by atoms with Crippen LogP contribution in [0.15, 0.2) is 18.5 Å². The van der Waals surface area contributed by atoms with E-state index in [1.54, 1.807) is 0 Å². The van der Waals surface area contributed by atoms with Crippen molar-refractivity contribution in [3.8, 4) is 0 Å². The van der Waals surface area contributed by atoms with Crippen LogP contribution in [0.2, 0.25) is 0 Å². The average Bonchev–Trinajstić information content (AvgIpc) is 2.04. The molecule has 56 valence electrons. The first-order valence-electron chi connectivity index (χ1n) is 2.96. The highest BCUT2D eigenvalue weighted by Gasteiger charge is 2.00. The van der Waals surface area contributed by atoms with Crippen molar-refractivity contribution < 1.29 is 4.79 Å². The Morgan fingerprint density at radius 3 is 3.00 bits per heavy atom. The Balaban J connectivity index is 3.03. The molecule has 0 aliphatic heterocycles. The molecule has 0 spiro atoms. The Hall–Kier alpha value is -1.71. The smallest absolute Gasteiger partial charge is 0.120 e. The number of pyridine rings is 1. The summed E-state index contributed by atoms with van der Waals surface area (Å²) >= 11 is 0. The average molecular weight is 149 g/mol. The van der Waals surface area contributed by atoms with Gasteiger partial charge in [0.2, 0.25) is 0 Å². The summed E-state index contributed by atoms with van der Waals surface area (Å²) in [5.74, 6) is -0.426. The van der Waals surface area contributed by atoms with E-state index in [-0.39, 0.29) is 0 Å². The molecular formula is C7H7N3O. The molecule has 4 heteroatoms. The molecule has 4 nitrogen and oxygen atoms in total. The van der Waals surface area contributed by atoms with Crippen LogP contribution in [0.3, 0.4) is 0 Å². The van der Waals surface area contributed by atoms with Gasteiger partial charge in [-0.3, -0.25) is 4.98 Å². The molecule has 0 fully saturated rings. The zero-order valence-corrected chi connectivity index (χ0v) is 5.82. The highest BCUT2D eigenvalue weighted by atomic mass is 16.1. The van der Waals surface area contributed by atoms with Gasteiger partial charge in [-0.1, -0.05) is 0 Å². The fourth-order valence-electron chi connectivity index (χ4n) is 0.687. The van der Waals surface area contributed by atoms with Gasteiger partial charge in [0.15, 0.2) is 0 Å². The van der Waals surface area contributed by atoms with E-state index in [0.29, 0.717) is 11.3 Å². The molecule has 1 heterocycles. The second kappa shape index (κ2) is 2.92. The van der Waals surface area contributed by atoms with Crippen LogP contribution in [0.4, 0.5) is 5.69 Å². The van der Waals surface area contributed by atoms with E-state index in [9.17, 15) is 4.79 Å². The van der Waals surface area contributed by atoms with Crippen LogP contribution in [-0.2, 0) is 0 Å². The van der Waals surface area contributed by atoms with E-state index in [4.69, 9.17) is 5.73 Å². The zero-order valence-electron chi connectivity index (χ0n) is 5.82. The van der Waals surface area contributed by atoms with Gasteiger partial charge in [0.1, 0.15) is 5.91 Å². The van der Waals surface area contributed by atoms with E-state index >= 15 is 0 Å². The Bertz CT molecular complexity index is 272. The lowest BCUT2D eigenvalue weighted by Crippen LogP contribution is -2.01. The lowest BCUT2D eigenvalue weighted by atomic mass is 10.2. The lowest BCUT2D eigenvalue weighted by molar-refractivity contribution is 0.103. The summed E-state index contributed by atoms with van der Waals surface area (Å²) in [6, 6.07) is 1.51. The maximum absolute atomic E-state index is 10.9. The normalized spacial score (nSPS) is 9.09. The summed E-state index contributed by atoms with van der Waals surface area (Å²) in [5, 5.41) is 3.22. The minimum Gasteiger partial charge on any atom is -0.455 e. The molecule has 0 saturated carbocycles. The number of aromatic nitrogens is 1. The SMILES string of the molecule is [CH2+][N-]C(=O)c1ccncc1N. The molecule has 0 aromatic carbocycles. The van der Waals surface area contributed by atoms with E-state index < -0.39 is 5.91 Å². The van der Waals surface area contributed by atoms with Gasteiger partial charge in [0, 0.05) is 18.8 Å². The fraction of sp³-hybridized carbons (Fsp3) is 0. The third-order valence-electron chi connectivity index (χ3n) is 1.23. The van der Waals surface area contributed by atoms with Crippen LogP contribution in [-0.4, -0.2) is 10.9 Å². The molecule has 0 aliphatic rings. The molecule has 2 N–H and O–H groups in total. The van der Waals surface area contributed by atoms with Crippen molar-refractivity contribution in [2.24, 2.45) is 0 Å². The van der Waals surface area contributed by atoms with Gasteiger partial charge in [0.05, 0.1) is 11.9 Å². The summed E-state index contributed by atoms with van der Waals surface area (Å²) < 4.78 is 0. The summed E-state index contributed by atoms with van der Waals surface area (Å²) in [5.41, 5.74) is 6.09. The summed E-state index contributed by atoms with van der Waals surface area (Å²) in [6.45, 7) is 0. The van der Waals surface area contributed by atoms with Crippen molar-refractivity contribution in [2.75, 3.05) is 5.73 Å². The molecule has 0 radical (unpaired) electrons. The first-order valence-corrected chi connectivity index (χ1v) is 2.96. The molecule has 1 amide bonds. The van der Waals surface area contributed by atoms with Gasteiger partial charge in [-0.2, -0.15) is 0 Å². The van der Waals surface area contributed by atoms with Crippen molar-refractivity contribution in [3.63, 3.8) is 0 Å². The van der Waals surface area contributed by atoms with Gasteiger partial charge in [0.25, 0.3) is 0 Å². The number of hydrogen-bond acceptors (Lipinski definition) is 3. The topological polar surface area (TPSA) is 70.1 Å². The van der Waals surface area contributed by atoms with Crippen molar-refractivity contribution in [3.05, 3.63) is 36.4 Å². The number of nitrogens with two attached hydrogens (primary N) is 1. The van der Waals surface area contributed by atoms with Crippen LogP contribution in [0.1, 0.15) is 10.4 Å². The van der Waals surface area contributed by atoms with Crippen molar-refractivity contribution in [1.29, 1.82) is 0 Å². The van der Waals surface area contributed by atoms with E-state index in [2.05, 4.69) is 17.3 Å². The minimum absolute atomic E-state index is 0.324. The molecule has 0 bridgehead atoms. The number of rotatable bonds is 1. The maximum atomic E-state index is 10.9. The van der Waals surface area contributed by atoms with Gasteiger partial charge >= 0.3 is 0 Å². The molecule has 0 aliphatic carbocycles. The molecular weight excluding hydrogens is 142 g/mol. The molecule has 0 unspecified atom stereocenters. The van der Waals surface area contributed by atoms with Crippen molar-refractivity contribution >= 4 is 11.6 Å². The Kier molecular flexibility index (Phi) is 1.96. The van der Waals surface area contributed by atoms with E-state index in [1.807, 2.05) is 0 Å². The monoisotopic (exact) mass is 149 g/mol. The van der Waals surface area contributed by atoms with Gasteiger partial charge < -0.3 is 15.8 Å². The molecule has 1 rings (SSSR count). The summed E-state index contributed by atoms with van der Waals surface area (Å²) in [7, 11) is 3.10. The number of nitrogen functional groups attached to an aromatic ring is 1. The molecule has 1 aromatic heterocycles. The number of carbonyl (C=O) groups is 1. The standard InChI is InChI=1S/C7H7N3O/c1-9-7(11)5-2-3-10-4-6(5)8/h2-4H,1H2,(H2-,8,9,11). The van der Waals surface area contributed by atoms with E-state index in [1.165, 1.54) is 18.5 Å². The summed E-state index contributed by atoms with van der Waals surface area (Å²) in [4.78, 5) is 14.6. The number of carbonyl (C=O) groups excluding carboxylic acids is 1. The number of hydrogen-bond donors (Lipinski definition) is 1. The molecule has 0 saturated heterocycles. The van der Waals surface area contributed by atoms with Crippen molar-refractivity contribution in [1.82, 2.24) is 4.98 Å². The zero-order chi connectivity index (χ0) is 8.27. The second-order valence-electron chi connectivity index (χ2n) is 1.93. The first-order chi connectivity index (χ1) is 5.25. The molecule has 0 atom stereocenters. The van der Waals surface area contributed by atoms with Gasteiger partial charge in [-0.05, 0) is 6.07 Å². The van der Waals surface area contributed by atoms with Crippen molar-refractivity contribution in [2.45, 2.75) is 0 Å². The van der Waals surface area contributed by atoms with Gasteiger partial charge in [-0.25, -0.2) is 0 Å². The Labute approximate surface area is 64.4 Å². The highest BCUT2D eigenvalue weighted by Crippen LogP contribution is 2.11. The quantitative estimate of drug-likeness (QED) is 0.605. The third-order valence-corrected chi connectivity index (χ3v) is 1.23. The third kappa shape index (κ3) is 1.40. The summed E-state index contributed by atoms with van der Waals surface area (Å²) in [6.07, 6.45) is 2.88. The van der Waals surface area contributed by atoms with E-state index in [0.717, 1.165) is 0 Å². The lowest BCUT2D eigenvalue weighted by Gasteiger charge is -2.06. The van der Waals surface area contributed by atoms with Crippen LogP contribution in [0.25, 0.3) is 5.32 Å². The number of amides is 1. The highest BCUT2D eigenvalue weighted by molar-refractivity contribution is 6.07. The van der Waals surface area contributed by atoms with Crippen LogP contribution in [0.5, 0.6) is 0 Å². The Morgan fingerprint density at radius 1 is 1.73 bits per heavy atom. The van der Waals surface area contributed by atoms with Crippen LogP contribution < -0.4 is 5.73 Å². The minimum atomic E-state index is -0.426. The fourth-order valence-corrected chi connectivity index (χ4v) is 0.687. The number of nitrogens with zero attached hydrogens (tertiary/aromatic N) is 2. The van der Waals surface area contributed by atoms with Gasteiger partial charge in [-0.15, -0.1) is 0 Å². The maximum Gasteiger partial charge on any atom is 0.120 e. The molecule has 1 aromatic rings. The number of anilines is 1. The predicted molar refractivity (Wildman–Crippen MR) is 41.7 cm³/mol. The Morgan fingerprint density at radius 2 is 2.45 bits per heavy atom. The first kappa shape index (κ1) is 7.40. The predicted octanol–water partition coefficient (Wildman–Crippen LogP) is 0.969. The molecule has 11 heavy (non-hydrogen) atoms. The van der Waals surface area contributed by atoms with Crippen LogP contribution in [0, 0.1) is 7.05 Å². The van der Waals surface area contributed by atoms with Crippen LogP contribution >= 0.6 is 0 Å². The largest absolute Gasteiger partial charge is 0.455 e.